The second-order valence-corrected chi connectivity index (χ2v) is 24.7. The third-order valence-electron chi connectivity index (χ3n) is 18.0. The molecule has 5 N–H and O–H groups in total. The minimum atomic E-state index is -1.89. The molecule has 1 amide bonds. The van der Waals surface area contributed by atoms with Crippen molar-refractivity contribution in [1.29, 1.82) is 0 Å². The Kier molecular flexibility index (Phi) is 21.1. The third kappa shape index (κ3) is 13.7. The predicted molar refractivity (Wildman–Crippen MR) is 299 cm³/mol. The van der Waals surface area contributed by atoms with Gasteiger partial charge in [-0.25, -0.2) is 4.79 Å². The number of methoxy groups -OCH3 is 2. The number of carboxylic acid groups (broad SMARTS) is 1. The first-order valence-electron chi connectivity index (χ1n) is 29.1. The molecule has 462 valence electrons. The minimum Gasteiger partial charge on any atom is -0.481 e. The highest BCUT2D eigenvalue weighted by atomic mass is 35.5. The highest BCUT2D eigenvalue weighted by molar-refractivity contribution is 6.34. The molecule has 0 radical (unpaired) electrons. The van der Waals surface area contributed by atoms with Gasteiger partial charge in [0.2, 0.25) is 0 Å². The lowest BCUT2D eigenvalue weighted by Crippen LogP contribution is -2.62. The summed E-state index contributed by atoms with van der Waals surface area (Å²) in [5, 5.41) is 41.4. The van der Waals surface area contributed by atoms with E-state index < -0.39 is 144 Å². The Balaban J connectivity index is 1.08. The number of hydrogen-bond acceptors (Lipinski definition) is 21. The van der Waals surface area contributed by atoms with Crippen LogP contribution >= 0.6 is 11.6 Å². The summed E-state index contributed by atoms with van der Waals surface area (Å²) in [6, 6.07) is 2.16. The summed E-state index contributed by atoms with van der Waals surface area (Å²) in [5.74, 6) is -8.07. The number of anilines is 2. The second-order valence-electron chi connectivity index (χ2n) is 24.3. The van der Waals surface area contributed by atoms with E-state index in [1.165, 1.54) is 26.0 Å². The number of aliphatic carboxylic acids is 1. The number of nitrogens with one attached hydrogen (secondary N) is 2. The first kappa shape index (κ1) is 65.3. The average Bonchev–Trinajstić information content (AvgIpc) is 4.42. The number of carbonyl (C=O) groups excluding carboxylic acids is 5. The molecule has 1 aliphatic carbocycles. The van der Waals surface area contributed by atoms with Gasteiger partial charge in [0.25, 0.3) is 0 Å². The normalized spacial score (nSPS) is 38.6. The van der Waals surface area contributed by atoms with Crippen LogP contribution in [0.25, 0.3) is 0 Å². The molecule has 82 heavy (non-hydrogen) atoms. The van der Waals surface area contributed by atoms with Crippen molar-refractivity contribution in [3.05, 3.63) is 22.7 Å². The number of carbonyl (C=O) groups is 6. The molecule has 1 aromatic rings. The lowest BCUT2D eigenvalue weighted by atomic mass is 9.73. The van der Waals surface area contributed by atoms with E-state index in [4.69, 9.17) is 54.2 Å². The fourth-order valence-corrected chi connectivity index (χ4v) is 13.6. The summed E-state index contributed by atoms with van der Waals surface area (Å²) >= 11 is 6.67. The van der Waals surface area contributed by atoms with E-state index in [1.54, 1.807) is 88.5 Å². The van der Waals surface area contributed by atoms with E-state index in [0.717, 1.165) is 12.8 Å². The molecule has 5 aliphatic heterocycles. The molecule has 5 heterocycles. The van der Waals surface area contributed by atoms with Crippen molar-refractivity contribution < 1.29 is 86.7 Å². The zero-order valence-corrected chi connectivity index (χ0v) is 50.9. The first-order valence-corrected chi connectivity index (χ1v) is 29.5. The van der Waals surface area contributed by atoms with Crippen LogP contribution in [0.2, 0.25) is 5.02 Å². The molecule has 0 aromatic heterocycles. The van der Waals surface area contributed by atoms with Crippen molar-refractivity contribution in [1.82, 2.24) is 15.1 Å². The SMILES string of the molecule is CC[C@H]1OC(=O)[C@H](C)[C@@H](OC2C[C@@](C)(OC)[C@@H](OC(=O)CCNCCNc3cc4c(cc3Cl)N(C3CC3)CC(C(=O)O)C4=O)[C@H](C)O2)[C@H](C)[C@@H](OC2O[C@H](OC)C[C@H](N(C)C)[C@H]2O)[C@](C)(O)C[C@@H](C)C(=O)[C@H](C)[C@H]2N(CC)C(=O)O[C@]12C. The van der Waals surface area contributed by atoms with E-state index in [0.29, 0.717) is 41.5 Å². The van der Waals surface area contributed by atoms with Crippen molar-refractivity contribution in [2.45, 2.75) is 205 Å². The Morgan fingerprint density at radius 1 is 0.915 bits per heavy atom. The summed E-state index contributed by atoms with van der Waals surface area (Å²) in [5.41, 5.74) is -3.12. The number of cyclic esters (lactones) is 1. The molecule has 19 atom stereocenters. The monoisotopic (exact) mass is 1180 g/mol. The topological polar surface area (TPSA) is 280 Å². The number of aliphatic hydroxyl groups is 2. The van der Waals surface area contributed by atoms with Crippen LogP contribution in [-0.2, 0) is 61.8 Å². The van der Waals surface area contributed by atoms with E-state index >= 15 is 0 Å². The van der Waals surface area contributed by atoms with Crippen LogP contribution in [0.1, 0.15) is 125 Å². The number of fused-ring (bicyclic) bond motifs is 2. The smallest absolute Gasteiger partial charge is 0.410 e. The molecule has 1 saturated carbocycles. The molecule has 1 aromatic carbocycles. The van der Waals surface area contributed by atoms with Gasteiger partial charge >= 0.3 is 24.0 Å². The van der Waals surface area contributed by atoms with Crippen LogP contribution in [-0.4, -0.2) is 212 Å². The van der Waals surface area contributed by atoms with Crippen LogP contribution in [0.15, 0.2) is 12.1 Å². The average molecular weight is 1180 g/mol. The van der Waals surface area contributed by atoms with E-state index in [2.05, 4.69) is 10.6 Å². The van der Waals surface area contributed by atoms with Gasteiger partial charge < -0.3 is 83.3 Å². The van der Waals surface area contributed by atoms with Gasteiger partial charge in [0.05, 0.1) is 53.0 Å². The van der Waals surface area contributed by atoms with Crippen molar-refractivity contribution in [3.8, 4) is 0 Å². The van der Waals surface area contributed by atoms with E-state index in [1.807, 2.05) is 9.80 Å². The quantitative estimate of drug-likeness (QED) is 0.0526. The number of carboxylic acids is 1. The number of esters is 2. The van der Waals surface area contributed by atoms with Gasteiger partial charge in [0, 0.05) is 101 Å². The number of hydrogen-bond donors (Lipinski definition) is 5. The molecule has 24 heteroatoms. The predicted octanol–water partition coefficient (Wildman–Crippen LogP) is 5.02. The highest BCUT2D eigenvalue weighted by Gasteiger charge is 2.61. The maximum atomic E-state index is 14.9. The molecule has 23 nitrogen and oxygen atoms in total. The molecule has 7 rings (SSSR count). The van der Waals surface area contributed by atoms with E-state index in [9.17, 15) is 44.1 Å². The molecule has 5 fully saturated rings. The van der Waals surface area contributed by atoms with Gasteiger partial charge in [-0.3, -0.25) is 24.0 Å². The Morgan fingerprint density at radius 3 is 2.22 bits per heavy atom. The number of likely N-dealkylation sites (N-methyl/N-ethyl adjacent to an activating group) is 2. The summed E-state index contributed by atoms with van der Waals surface area (Å²) in [7, 11) is 6.57. The molecule has 6 aliphatic rings. The van der Waals surface area contributed by atoms with Crippen molar-refractivity contribution in [2.24, 2.45) is 29.6 Å². The molecule has 4 saturated heterocycles. The van der Waals surface area contributed by atoms with Crippen LogP contribution in [0.3, 0.4) is 0 Å². The van der Waals surface area contributed by atoms with Gasteiger partial charge in [0.15, 0.2) is 36.4 Å². The van der Waals surface area contributed by atoms with Crippen molar-refractivity contribution in [3.63, 3.8) is 0 Å². The molecular formula is C58H90ClN5O18. The van der Waals surface area contributed by atoms with E-state index in [-0.39, 0.29) is 57.1 Å². The number of halogens is 1. The fourth-order valence-electron chi connectivity index (χ4n) is 13.3. The lowest BCUT2D eigenvalue weighted by Gasteiger charge is -2.49. The van der Waals surface area contributed by atoms with Gasteiger partial charge in [-0.2, -0.15) is 0 Å². The van der Waals surface area contributed by atoms with Crippen LogP contribution in [0.5, 0.6) is 0 Å². The van der Waals surface area contributed by atoms with Crippen molar-refractivity contribution in [2.75, 3.05) is 71.3 Å². The van der Waals surface area contributed by atoms with Crippen LogP contribution < -0.4 is 15.5 Å². The summed E-state index contributed by atoms with van der Waals surface area (Å²) in [6.45, 7) is 18.4. The molecule has 0 bridgehead atoms. The standard InChI is InChI=1S/C58H90ClN5O18/c1-15-41-58(10)49(63(16-2)55(72)82-58)30(4)45(66)29(3)26-56(8,73)50(81-54-47(68)40(62(11)12)25-43(74-13)80-54)31(5)48(32(6)53(71)77-41)79-44-27-57(9,75-14)51(33(7)76-44)78-42(65)19-20-60-21-22-61-38-23-35-39(24-37(38)59)64(34-17-18-34)28-36(46(35)67)52(69)70/h23-24,29-34,36,40-41,43-44,47-51,54,60-61,68,73H,15-22,25-28H2,1-14H3,(H,69,70)/t29-,30+,31+,32-,33+,36?,40+,41-,43+,44?,47-,48+,49-,50-,51+,54?,56-,57-,58-/m1/s1. The largest absolute Gasteiger partial charge is 0.481 e. The highest BCUT2D eigenvalue weighted by Crippen LogP contribution is 2.46. The number of aliphatic hydroxyl groups excluding tert-OH is 1. The van der Waals surface area contributed by atoms with Gasteiger partial charge in [-0.15, -0.1) is 0 Å². The Hall–Kier alpha value is -4.27. The molecule has 3 unspecified atom stereocenters. The minimum absolute atomic E-state index is 0.0108. The number of ether oxygens (including phenoxy) is 9. The first-order chi connectivity index (χ1) is 38.5. The van der Waals surface area contributed by atoms with Gasteiger partial charge in [-0.05, 0) is 93.5 Å². The maximum absolute atomic E-state index is 14.9. The van der Waals surface area contributed by atoms with Crippen LogP contribution in [0.4, 0.5) is 16.2 Å². The number of Topliss-reactive ketones (excluding diaryl/α,β-unsaturated/α-hetero) is 2. The van der Waals surface area contributed by atoms with Gasteiger partial charge in [-0.1, -0.05) is 39.3 Å². The summed E-state index contributed by atoms with van der Waals surface area (Å²) in [4.78, 5) is 87.3. The maximum Gasteiger partial charge on any atom is 0.410 e. The van der Waals surface area contributed by atoms with Gasteiger partial charge in [0.1, 0.15) is 29.5 Å². The zero-order chi connectivity index (χ0) is 60.5. The number of amides is 1. The Morgan fingerprint density at radius 2 is 1.61 bits per heavy atom. The van der Waals surface area contributed by atoms with Crippen molar-refractivity contribution >= 4 is 58.5 Å². The lowest BCUT2D eigenvalue weighted by molar-refractivity contribution is -0.340. The summed E-state index contributed by atoms with van der Waals surface area (Å²) in [6.07, 6.45) is -8.32. The Bertz CT molecular complexity index is 2470. The molecular weight excluding hydrogens is 1090 g/mol. The Labute approximate surface area is 486 Å². The molecule has 0 spiro atoms. The zero-order valence-electron chi connectivity index (χ0n) is 50.1. The summed E-state index contributed by atoms with van der Waals surface area (Å²) < 4.78 is 56.8. The number of benzene rings is 1. The number of ketones is 2. The van der Waals surface area contributed by atoms with Crippen LogP contribution in [0, 0.1) is 29.6 Å². The third-order valence-corrected chi connectivity index (χ3v) is 18.4. The fraction of sp³-hybridized carbons (Fsp3) is 0.793. The number of nitrogens with zero attached hydrogens (tertiary/aromatic N) is 3. The second kappa shape index (κ2) is 26.6. The number of rotatable bonds is 19.